The van der Waals surface area contributed by atoms with E-state index in [0.29, 0.717) is 0 Å². The van der Waals surface area contributed by atoms with Gasteiger partial charge in [0.25, 0.3) is 6.71 Å². The minimum Gasteiger partial charge on any atom is -0.311 e. The number of aryl methyl sites for hydroxylation is 2. The van der Waals surface area contributed by atoms with Crippen LogP contribution in [0.5, 0.6) is 0 Å². The third kappa shape index (κ3) is 6.37. The Morgan fingerprint density at radius 3 is 1.52 bits per heavy atom. The maximum Gasteiger partial charge on any atom is 0.252 e. The molecule has 0 amide bonds. The number of anilines is 6. The first-order valence-electron chi connectivity index (χ1n) is 22.3. The molecule has 0 radical (unpaired) electrons. The van der Waals surface area contributed by atoms with Crippen molar-refractivity contribution < 1.29 is 0 Å². The van der Waals surface area contributed by atoms with Crippen molar-refractivity contribution in [1.82, 2.24) is 0 Å². The topological polar surface area (TPSA) is 6.48 Å². The summed E-state index contributed by atoms with van der Waals surface area (Å²) in [5.74, 6) is 0. The van der Waals surface area contributed by atoms with E-state index < -0.39 is 0 Å². The van der Waals surface area contributed by atoms with Crippen LogP contribution >= 0.6 is 0 Å². The van der Waals surface area contributed by atoms with Crippen LogP contribution in [-0.2, 0) is 27.1 Å². The predicted molar refractivity (Wildman–Crippen MR) is 262 cm³/mol. The van der Waals surface area contributed by atoms with E-state index in [1.165, 1.54) is 101 Å². The van der Waals surface area contributed by atoms with Gasteiger partial charge < -0.3 is 9.80 Å². The molecular weight excluding hydrogens is 723 g/mol. The van der Waals surface area contributed by atoms with E-state index in [1.54, 1.807) is 0 Å². The van der Waals surface area contributed by atoms with E-state index >= 15 is 0 Å². The first-order valence-corrected chi connectivity index (χ1v) is 22.3. The Morgan fingerprint density at radius 1 is 0.467 bits per heavy atom. The van der Waals surface area contributed by atoms with Crippen molar-refractivity contribution in [3.05, 3.63) is 148 Å². The highest BCUT2D eigenvalue weighted by Gasteiger charge is 2.48. The highest BCUT2D eigenvalue weighted by atomic mass is 15.2. The second kappa shape index (κ2) is 13.2. The van der Waals surface area contributed by atoms with Crippen LogP contribution < -0.4 is 26.2 Å². The van der Waals surface area contributed by atoms with Gasteiger partial charge in [-0.2, -0.15) is 0 Å². The van der Waals surface area contributed by atoms with Crippen molar-refractivity contribution in [3.8, 4) is 11.1 Å². The normalized spacial score (nSPS) is 16.4. The molecule has 60 heavy (non-hydrogen) atoms. The highest BCUT2D eigenvalue weighted by molar-refractivity contribution is 7.00. The summed E-state index contributed by atoms with van der Waals surface area (Å²) in [5.41, 5.74) is 24.1. The summed E-state index contributed by atoms with van der Waals surface area (Å²) in [7, 11) is 0. The summed E-state index contributed by atoms with van der Waals surface area (Å²) in [6, 6.07) is 43.1. The third-order valence-electron chi connectivity index (χ3n) is 14.0. The van der Waals surface area contributed by atoms with E-state index in [1.807, 2.05) is 0 Å². The van der Waals surface area contributed by atoms with Gasteiger partial charge in [0, 0.05) is 34.0 Å². The summed E-state index contributed by atoms with van der Waals surface area (Å²) in [6.07, 6.45) is 1.13. The molecule has 9 rings (SSSR count). The molecule has 0 aromatic heterocycles. The summed E-state index contributed by atoms with van der Waals surface area (Å²) in [6.45, 7) is 35.5. The fourth-order valence-corrected chi connectivity index (χ4v) is 11.0. The van der Waals surface area contributed by atoms with Crippen LogP contribution in [0.1, 0.15) is 135 Å². The second-order valence-electron chi connectivity index (χ2n) is 22.8. The predicted octanol–water partition coefficient (Wildman–Crippen LogP) is 13.9. The summed E-state index contributed by atoms with van der Waals surface area (Å²) >= 11 is 0. The van der Waals surface area contributed by atoms with Crippen LogP contribution in [0.3, 0.4) is 0 Å². The smallest absolute Gasteiger partial charge is 0.252 e. The SMILES string of the molecule is Cc1cc2c3c(c1)N(c1ccc(C(C)(C)C)cc1-c1ccccc1)c1ccc(C(C)(C)C)cc1B3c1cc3c(cc1N2c1ccc(C(C)(C)C)cc1C)C(C)(C)CC3(C)C. The maximum absolute atomic E-state index is 2.65. The molecule has 2 heterocycles. The van der Waals surface area contributed by atoms with E-state index in [9.17, 15) is 0 Å². The van der Waals surface area contributed by atoms with Crippen molar-refractivity contribution in [2.75, 3.05) is 9.80 Å². The van der Waals surface area contributed by atoms with E-state index in [4.69, 9.17) is 0 Å². The van der Waals surface area contributed by atoms with Gasteiger partial charge in [-0.15, -0.1) is 0 Å². The molecule has 306 valence electrons. The average molecular weight is 789 g/mol. The largest absolute Gasteiger partial charge is 0.311 e. The Labute approximate surface area is 362 Å². The molecule has 2 nitrogen and oxygen atoms in total. The van der Waals surface area contributed by atoms with Crippen LogP contribution in [-0.4, -0.2) is 6.71 Å². The van der Waals surface area contributed by atoms with Crippen molar-refractivity contribution in [2.24, 2.45) is 0 Å². The molecule has 0 atom stereocenters. The summed E-state index contributed by atoms with van der Waals surface area (Å²) < 4.78 is 0. The lowest BCUT2D eigenvalue weighted by atomic mass is 9.33. The van der Waals surface area contributed by atoms with Gasteiger partial charge in [-0.05, 0) is 151 Å². The number of fused-ring (bicyclic) bond motifs is 5. The van der Waals surface area contributed by atoms with E-state index in [0.717, 1.165) is 6.42 Å². The zero-order valence-electron chi connectivity index (χ0n) is 39.1. The third-order valence-corrected chi connectivity index (χ3v) is 14.0. The second-order valence-corrected chi connectivity index (χ2v) is 22.8. The van der Waals surface area contributed by atoms with Crippen LogP contribution in [0.25, 0.3) is 11.1 Å². The highest BCUT2D eigenvalue weighted by Crippen LogP contribution is 2.53. The number of hydrogen-bond acceptors (Lipinski definition) is 2. The molecule has 3 aliphatic rings. The lowest BCUT2D eigenvalue weighted by Crippen LogP contribution is -2.62. The van der Waals surface area contributed by atoms with Gasteiger partial charge in [0.15, 0.2) is 0 Å². The minimum absolute atomic E-state index is 0.00425. The standard InChI is InChI=1S/C57H65BN2/c1-35-27-50-52-51(28-35)60(47-25-22-39(54(6,7)8)30-41(47)37-19-17-16-18-20-37)48-26-23-40(55(9,10)11)31-44(48)58(52)45-32-42-43(57(14,15)34-56(42,12)13)33-49(45)59(50)46-24-21-38(29-36(46)2)53(3,4)5/h16-33H,34H2,1-15H3. The first kappa shape index (κ1) is 40.4. The molecule has 0 N–H and O–H groups in total. The van der Waals surface area contributed by atoms with Gasteiger partial charge in [-0.25, -0.2) is 0 Å². The van der Waals surface area contributed by atoms with Crippen LogP contribution in [0.2, 0.25) is 0 Å². The first-order chi connectivity index (χ1) is 28.0. The Balaban J connectivity index is 1.42. The molecule has 0 bridgehead atoms. The number of hydrogen-bond donors (Lipinski definition) is 0. The molecule has 0 spiro atoms. The molecule has 6 aromatic rings. The van der Waals surface area contributed by atoms with Gasteiger partial charge in [0.05, 0.1) is 5.69 Å². The average Bonchev–Trinajstić information content (AvgIpc) is 3.34. The molecule has 0 unspecified atom stereocenters. The van der Waals surface area contributed by atoms with Crippen LogP contribution in [0.15, 0.2) is 109 Å². The summed E-state index contributed by atoms with van der Waals surface area (Å²) in [5, 5.41) is 0. The Hall–Kier alpha value is -5.02. The van der Waals surface area contributed by atoms with Gasteiger partial charge in [-0.3, -0.25) is 0 Å². The molecular formula is C57H65BN2. The Kier molecular flexibility index (Phi) is 8.91. The van der Waals surface area contributed by atoms with E-state index in [-0.39, 0.29) is 33.8 Å². The van der Waals surface area contributed by atoms with E-state index in [2.05, 4.69) is 223 Å². The Morgan fingerprint density at radius 2 is 0.950 bits per heavy atom. The molecule has 1 aliphatic carbocycles. The molecule has 0 fully saturated rings. The van der Waals surface area contributed by atoms with Crippen molar-refractivity contribution in [2.45, 2.75) is 137 Å². The number of benzene rings is 6. The molecule has 2 aliphatic heterocycles. The zero-order valence-corrected chi connectivity index (χ0v) is 39.1. The quantitative estimate of drug-likeness (QED) is 0.165. The minimum atomic E-state index is -0.0147. The number of nitrogens with zero attached hydrogens (tertiary/aromatic N) is 2. The lowest BCUT2D eigenvalue weighted by molar-refractivity contribution is 0.403. The molecule has 0 saturated heterocycles. The van der Waals surface area contributed by atoms with Crippen molar-refractivity contribution in [3.63, 3.8) is 0 Å². The molecule has 6 aromatic carbocycles. The van der Waals surface area contributed by atoms with Gasteiger partial charge in [-0.1, -0.05) is 157 Å². The van der Waals surface area contributed by atoms with Crippen LogP contribution in [0.4, 0.5) is 34.1 Å². The maximum atomic E-state index is 2.65. The van der Waals surface area contributed by atoms with Gasteiger partial charge in [0.2, 0.25) is 0 Å². The van der Waals surface area contributed by atoms with Crippen LogP contribution in [0, 0.1) is 13.8 Å². The fraction of sp³-hybridized carbons (Fsp3) is 0.368. The Bertz CT molecular complexity index is 2710. The molecule has 0 saturated carbocycles. The lowest BCUT2D eigenvalue weighted by Gasteiger charge is -2.46. The van der Waals surface area contributed by atoms with Gasteiger partial charge in [0.1, 0.15) is 0 Å². The zero-order chi connectivity index (χ0) is 43.1. The fourth-order valence-electron chi connectivity index (χ4n) is 11.0. The summed E-state index contributed by atoms with van der Waals surface area (Å²) in [4.78, 5) is 5.27. The van der Waals surface area contributed by atoms with Crippen molar-refractivity contribution >= 4 is 57.2 Å². The molecule has 3 heteroatoms. The number of rotatable bonds is 3. The van der Waals surface area contributed by atoms with Crippen molar-refractivity contribution in [1.29, 1.82) is 0 Å². The van der Waals surface area contributed by atoms with Gasteiger partial charge >= 0.3 is 0 Å². The monoisotopic (exact) mass is 789 g/mol.